The lowest BCUT2D eigenvalue weighted by molar-refractivity contribution is -0.155. The first-order valence-electron chi connectivity index (χ1n) is 14.3. The molecule has 1 aliphatic heterocycles. The van der Waals surface area contributed by atoms with Crippen LogP contribution in [0.2, 0.25) is 0 Å². The van der Waals surface area contributed by atoms with E-state index in [1.165, 1.54) is 0 Å². The Balaban J connectivity index is 1.62. The van der Waals surface area contributed by atoms with Crippen LogP contribution in [0.25, 0.3) is 0 Å². The van der Waals surface area contributed by atoms with Gasteiger partial charge in [-0.15, -0.1) is 0 Å². The summed E-state index contributed by atoms with van der Waals surface area (Å²) in [5.74, 6) is -0.286. The number of nitrogens with one attached hydrogen (secondary N) is 1. The predicted octanol–water partition coefficient (Wildman–Crippen LogP) is 3.90. The molecule has 0 aromatic heterocycles. The Morgan fingerprint density at radius 3 is 1.61 bits per heavy atom. The number of carbonyl (C=O) groups excluding carboxylic acids is 3. The van der Waals surface area contributed by atoms with Crippen LogP contribution in [-0.4, -0.2) is 97.4 Å². The van der Waals surface area contributed by atoms with Gasteiger partial charge in [0.2, 0.25) is 0 Å². The molecule has 3 rings (SSSR count). The van der Waals surface area contributed by atoms with E-state index in [1.54, 1.807) is 9.80 Å². The van der Waals surface area contributed by atoms with Crippen molar-refractivity contribution in [3.05, 3.63) is 71.8 Å². The summed E-state index contributed by atoms with van der Waals surface area (Å²) in [7, 11) is 0. The number of rotatable bonds is 7. The first-order valence-corrected chi connectivity index (χ1v) is 14.3. The highest BCUT2D eigenvalue weighted by Crippen LogP contribution is 2.10. The van der Waals surface area contributed by atoms with E-state index in [1.807, 2.05) is 81.4 Å². The molecule has 0 bridgehead atoms. The molecule has 1 N–H and O–H groups in total. The normalized spacial score (nSPS) is 15.8. The average molecular weight is 569 g/mol. The molecule has 2 aromatic rings. The van der Waals surface area contributed by atoms with E-state index in [0.29, 0.717) is 58.9 Å². The minimum absolute atomic E-state index is 0.200. The molecule has 1 fully saturated rings. The molecule has 0 atom stereocenters. The molecule has 2 amide bonds. The van der Waals surface area contributed by atoms with Crippen LogP contribution in [0.4, 0.5) is 9.59 Å². The molecule has 1 aliphatic rings. The second-order valence-corrected chi connectivity index (χ2v) is 11.0. The van der Waals surface area contributed by atoms with Gasteiger partial charge in [0.05, 0.1) is 6.42 Å². The molecule has 1 saturated heterocycles. The van der Waals surface area contributed by atoms with E-state index in [4.69, 9.17) is 14.2 Å². The molecule has 2 aromatic carbocycles. The standard InChI is InChI=1S/C31H44N4O6/c1-31(2,3)41-28(36)14-17-33-20-22-34(29(37)39-24-26-10-6-4-7-11-26)18-15-32-16-19-35(23-21-33)30(38)40-25-27-12-8-5-9-13-27/h4-13,32H,14-25H2,1-3H3. The van der Waals surface area contributed by atoms with Crippen LogP contribution in [0, 0.1) is 0 Å². The fourth-order valence-corrected chi connectivity index (χ4v) is 4.26. The highest BCUT2D eigenvalue weighted by atomic mass is 16.6. The summed E-state index contributed by atoms with van der Waals surface area (Å²) >= 11 is 0. The molecule has 10 nitrogen and oxygen atoms in total. The second kappa shape index (κ2) is 16.6. The zero-order valence-electron chi connectivity index (χ0n) is 24.5. The van der Waals surface area contributed by atoms with Crippen molar-refractivity contribution in [1.29, 1.82) is 0 Å². The summed E-state index contributed by atoms with van der Waals surface area (Å²) in [4.78, 5) is 43.8. The van der Waals surface area contributed by atoms with Crippen molar-refractivity contribution >= 4 is 18.2 Å². The topological polar surface area (TPSA) is 101 Å². The smallest absolute Gasteiger partial charge is 0.410 e. The molecule has 0 spiro atoms. The van der Waals surface area contributed by atoms with E-state index >= 15 is 0 Å². The van der Waals surface area contributed by atoms with E-state index in [2.05, 4.69) is 10.2 Å². The van der Waals surface area contributed by atoms with Gasteiger partial charge in [-0.25, -0.2) is 9.59 Å². The fraction of sp³-hybridized carbons (Fsp3) is 0.516. The minimum Gasteiger partial charge on any atom is -0.460 e. The lowest BCUT2D eigenvalue weighted by Gasteiger charge is -2.31. The van der Waals surface area contributed by atoms with Gasteiger partial charge in [-0.1, -0.05) is 60.7 Å². The van der Waals surface area contributed by atoms with Gasteiger partial charge in [0.15, 0.2) is 0 Å². The number of ether oxygens (including phenoxy) is 3. The molecule has 0 radical (unpaired) electrons. The number of esters is 1. The summed E-state index contributed by atoms with van der Waals surface area (Å²) in [5, 5.41) is 3.32. The van der Waals surface area contributed by atoms with Crippen molar-refractivity contribution in [2.45, 2.75) is 46.0 Å². The van der Waals surface area contributed by atoms with Gasteiger partial charge in [-0.05, 0) is 31.9 Å². The van der Waals surface area contributed by atoms with E-state index in [-0.39, 0.29) is 37.8 Å². The van der Waals surface area contributed by atoms with Crippen LogP contribution < -0.4 is 5.32 Å². The third-order valence-corrected chi connectivity index (χ3v) is 6.47. The van der Waals surface area contributed by atoms with Crippen molar-refractivity contribution < 1.29 is 28.6 Å². The predicted molar refractivity (Wildman–Crippen MR) is 156 cm³/mol. The maximum Gasteiger partial charge on any atom is 0.410 e. The first kappa shape index (κ1) is 31.9. The van der Waals surface area contributed by atoms with E-state index in [0.717, 1.165) is 11.1 Å². The van der Waals surface area contributed by atoms with Crippen molar-refractivity contribution in [2.75, 3.05) is 58.9 Å². The van der Waals surface area contributed by atoms with Crippen molar-refractivity contribution in [3.8, 4) is 0 Å². The zero-order valence-corrected chi connectivity index (χ0v) is 24.5. The molecule has 0 aliphatic carbocycles. The Bertz CT molecular complexity index is 1010. The molecule has 41 heavy (non-hydrogen) atoms. The number of nitrogens with zero attached hydrogens (tertiary/aromatic N) is 3. The minimum atomic E-state index is -0.565. The van der Waals surface area contributed by atoms with Crippen molar-refractivity contribution in [3.63, 3.8) is 0 Å². The van der Waals surface area contributed by atoms with Crippen LogP contribution in [0.15, 0.2) is 60.7 Å². The lowest BCUT2D eigenvalue weighted by Crippen LogP contribution is -2.48. The number of carbonyl (C=O) groups is 3. The molecule has 0 unspecified atom stereocenters. The quantitative estimate of drug-likeness (QED) is 0.397. The number of benzene rings is 2. The Labute approximate surface area is 243 Å². The summed E-state index contributed by atoms with van der Waals surface area (Å²) in [6, 6.07) is 19.1. The van der Waals surface area contributed by atoms with Gasteiger partial charge < -0.3 is 29.3 Å². The molecule has 10 heteroatoms. The maximum atomic E-state index is 13.0. The highest BCUT2D eigenvalue weighted by Gasteiger charge is 2.22. The van der Waals surface area contributed by atoms with Crippen LogP contribution >= 0.6 is 0 Å². The highest BCUT2D eigenvalue weighted by molar-refractivity contribution is 5.70. The van der Waals surface area contributed by atoms with Gasteiger partial charge in [-0.3, -0.25) is 9.69 Å². The van der Waals surface area contributed by atoms with E-state index < -0.39 is 5.60 Å². The number of amides is 2. The summed E-state index contributed by atoms with van der Waals surface area (Å²) < 4.78 is 16.7. The monoisotopic (exact) mass is 568 g/mol. The van der Waals surface area contributed by atoms with Gasteiger partial charge in [0, 0.05) is 58.9 Å². The Morgan fingerprint density at radius 1 is 0.707 bits per heavy atom. The average Bonchev–Trinajstić information content (AvgIpc) is 2.94. The molecule has 224 valence electrons. The third kappa shape index (κ3) is 12.6. The largest absolute Gasteiger partial charge is 0.460 e. The molecular formula is C31H44N4O6. The Kier molecular flexibility index (Phi) is 12.9. The van der Waals surface area contributed by atoms with Gasteiger partial charge >= 0.3 is 18.2 Å². The molecule has 0 saturated carbocycles. The fourth-order valence-electron chi connectivity index (χ4n) is 4.26. The van der Waals surface area contributed by atoms with Crippen molar-refractivity contribution in [2.24, 2.45) is 0 Å². The van der Waals surface area contributed by atoms with E-state index in [9.17, 15) is 14.4 Å². The molecular weight excluding hydrogens is 524 g/mol. The lowest BCUT2D eigenvalue weighted by atomic mass is 10.2. The summed E-state index contributed by atoms with van der Waals surface area (Å²) in [6.45, 7) is 10.2. The molecule has 1 heterocycles. The summed E-state index contributed by atoms with van der Waals surface area (Å²) in [6.07, 6.45) is -0.563. The third-order valence-electron chi connectivity index (χ3n) is 6.47. The Hall–Kier alpha value is -3.63. The van der Waals surface area contributed by atoms with Crippen LogP contribution in [-0.2, 0) is 32.2 Å². The Morgan fingerprint density at radius 2 is 1.17 bits per heavy atom. The summed E-state index contributed by atoms with van der Waals surface area (Å²) in [5.41, 5.74) is 1.28. The maximum absolute atomic E-state index is 13.0. The number of hydrogen-bond acceptors (Lipinski definition) is 8. The SMILES string of the molecule is CC(C)(C)OC(=O)CCN1CCN(C(=O)OCc2ccccc2)CCNCCN(C(=O)OCc2ccccc2)CC1. The van der Waals surface area contributed by atoms with Gasteiger partial charge in [0.1, 0.15) is 18.8 Å². The second-order valence-electron chi connectivity index (χ2n) is 11.0. The van der Waals surface area contributed by atoms with Gasteiger partial charge in [0.25, 0.3) is 0 Å². The van der Waals surface area contributed by atoms with Crippen molar-refractivity contribution in [1.82, 2.24) is 20.0 Å². The van der Waals surface area contributed by atoms with Crippen LogP contribution in [0.1, 0.15) is 38.3 Å². The number of hydrogen-bond donors (Lipinski definition) is 1. The van der Waals surface area contributed by atoms with Crippen LogP contribution in [0.3, 0.4) is 0 Å². The first-order chi connectivity index (χ1) is 19.7. The van der Waals surface area contributed by atoms with Crippen LogP contribution in [0.5, 0.6) is 0 Å². The van der Waals surface area contributed by atoms with Gasteiger partial charge in [-0.2, -0.15) is 0 Å². The zero-order chi connectivity index (χ0) is 29.5.